The molecule has 0 radical (unpaired) electrons. The maximum Gasteiger partial charge on any atom is 0.0399 e. The molecule has 0 spiro atoms. The average molecular weight is 702 g/mol. The minimum atomic E-state index is 0.386. The zero-order valence-electron chi connectivity index (χ0n) is 36.9. The maximum atomic E-state index is 2.51. The first-order valence-corrected chi connectivity index (χ1v) is 21.4. The molecule has 1 aliphatic heterocycles. The minimum absolute atomic E-state index is 0.386. The van der Waals surface area contributed by atoms with Crippen molar-refractivity contribution in [1.82, 2.24) is 0 Å². The molecule has 1 heteroatoms. The molecule has 292 valence electrons. The third kappa shape index (κ3) is 18.2. The van der Waals surface area contributed by atoms with Gasteiger partial charge in [0, 0.05) is 18.8 Å². The van der Waals surface area contributed by atoms with E-state index in [0.717, 1.165) is 36.1 Å². The Balaban J connectivity index is 0.000000237. The maximum absolute atomic E-state index is 2.51. The van der Waals surface area contributed by atoms with Gasteiger partial charge in [0.1, 0.15) is 0 Å². The van der Waals surface area contributed by atoms with E-state index in [-0.39, 0.29) is 0 Å². The molecule has 2 saturated carbocycles. The number of hydrogen-bond acceptors (Lipinski definition) is 1. The Labute approximate surface area is 320 Å². The van der Waals surface area contributed by atoms with E-state index in [0.29, 0.717) is 21.7 Å². The van der Waals surface area contributed by atoms with Gasteiger partial charge in [-0.1, -0.05) is 204 Å². The van der Waals surface area contributed by atoms with Gasteiger partial charge in [-0.3, -0.25) is 0 Å². The van der Waals surface area contributed by atoms with Crippen LogP contribution in [-0.2, 0) is 12.8 Å². The molecule has 0 bridgehead atoms. The second-order valence-corrected chi connectivity index (χ2v) is 21.6. The van der Waals surface area contributed by atoms with Crippen molar-refractivity contribution in [3.8, 4) is 0 Å². The highest BCUT2D eigenvalue weighted by Gasteiger charge is 2.27. The predicted molar refractivity (Wildman–Crippen MR) is 231 cm³/mol. The van der Waals surface area contributed by atoms with Crippen LogP contribution in [0.1, 0.15) is 179 Å². The molecule has 2 aliphatic carbocycles. The molecule has 5 rings (SSSR count). The summed E-state index contributed by atoms with van der Waals surface area (Å²) < 4.78 is 0. The van der Waals surface area contributed by atoms with Crippen molar-refractivity contribution in [1.29, 1.82) is 0 Å². The number of benzene rings is 2. The van der Waals surface area contributed by atoms with Crippen LogP contribution in [0.3, 0.4) is 0 Å². The lowest BCUT2D eigenvalue weighted by Crippen LogP contribution is -2.31. The van der Waals surface area contributed by atoms with Crippen LogP contribution in [0.2, 0.25) is 0 Å². The Morgan fingerprint density at radius 3 is 1.43 bits per heavy atom. The highest BCUT2D eigenvalue weighted by molar-refractivity contribution is 5.57. The smallest absolute Gasteiger partial charge is 0.0399 e. The second kappa shape index (κ2) is 20.6. The number of anilines is 1. The molecule has 0 amide bonds. The number of fused-ring (bicyclic) bond motifs is 1. The number of nitrogens with zero attached hydrogens (tertiary/aromatic N) is 1. The van der Waals surface area contributed by atoms with Crippen LogP contribution in [0.15, 0.2) is 54.6 Å². The van der Waals surface area contributed by atoms with Gasteiger partial charge in [0.2, 0.25) is 0 Å². The van der Waals surface area contributed by atoms with Crippen molar-refractivity contribution in [2.75, 3.05) is 18.0 Å². The highest BCUT2D eigenvalue weighted by Crippen LogP contribution is 2.38. The SMILES string of the molecule is CC(C)(C)CN1CCc2ccccc21.CC(CC1CCC1)C(C)(C)C.CC(CC1CCCCC1)C(C)(C)C.CC(Cc1ccccc1)C(C)(C)C. The molecule has 3 atom stereocenters. The fraction of sp³-hybridized carbons (Fsp3) is 0.760. The molecule has 3 aliphatic rings. The Bertz CT molecular complexity index is 1190. The minimum Gasteiger partial charge on any atom is -0.370 e. The third-order valence-electron chi connectivity index (χ3n) is 12.8. The van der Waals surface area contributed by atoms with Crippen molar-refractivity contribution >= 4 is 5.69 Å². The molecule has 0 N–H and O–H groups in total. The fourth-order valence-corrected chi connectivity index (χ4v) is 7.28. The van der Waals surface area contributed by atoms with Crippen LogP contribution in [0.5, 0.6) is 0 Å². The lowest BCUT2D eigenvalue weighted by Gasteiger charge is -2.34. The summed E-state index contributed by atoms with van der Waals surface area (Å²) in [5, 5.41) is 0. The Morgan fingerprint density at radius 1 is 0.549 bits per heavy atom. The summed E-state index contributed by atoms with van der Waals surface area (Å²) in [5.41, 5.74) is 6.24. The van der Waals surface area contributed by atoms with Crippen molar-refractivity contribution < 1.29 is 0 Å². The van der Waals surface area contributed by atoms with Crippen molar-refractivity contribution in [3.63, 3.8) is 0 Å². The monoisotopic (exact) mass is 702 g/mol. The molecule has 3 unspecified atom stereocenters. The van der Waals surface area contributed by atoms with Crippen LogP contribution in [0.4, 0.5) is 5.69 Å². The predicted octanol–water partition coefficient (Wildman–Crippen LogP) is 15.5. The van der Waals surface area contributed by atoms with E-state index in [1.165, 1.54) is 100 Å². The summed E-state index contributed by atoms with van der Waals surface area (Å²) >= 11 is 0. The van der Waals surface area contributed by atoms with Crippen molar-refractivity contribution in [2.45, 2.75) is 181 Å². The van der Waals surface area contributed by atoms with E-state index < -0.39 is 0 Å². The van der Waals surface area contributed by atoms with Crippen LogP contribution in [0.25, 0.3) is 0 Å². The molecule has 51 heavy (non-hydrogen) atoms. The Hall–Kier alpha value is -1.76. The number of rotatable bonds is 7. The zero-order chi connectivity index (χ0) is 38.5. The van der Waals surface area contributed by atoms with Gasteiger partial charge in [0.25, 0.3) is 0 Å². The van der Waals surface area contributed by atoms with Gasteiger partial charge >= 0.3 is 0 Å². The van der Waals surface area contributed by atoms with Crippen molar-refractivity contribution in [2.24, 2.45) is 51.2 Å². The summed E-state index contributed by atoms with van der Waals surface area (Å²) in [5.74, 6) is 4.63. The van der Waals surface area contributed by atoms with E-state index in [4.69, 9.17) is 0 Å². The summed E-state index contributed by atoms with van der Waals surface area (Å²) in [6, 6.07) is 19.5. The number of hydrogen-bond donors (Lipinski definition) is 0. The van der Waals surface area contributed by atoms with Crippen LogP contribution >= 0.6 is 0 Å². The van der Waals surface area contributed by atoms with Crippen LogP contribution < -0.4 is 4.90 Å². The number of para-hydroxylation sites is 1. The van der Waals surface area contributed by atoms with Crippen molar-refractivity contribution in [3.05, 3.63) is 65.7 Å². The van der Waals surface area contributed by atoms with E-state index in [1.807, 2.05) is 0 Å². The molecule has 0 saturated heterocycles. The molecule has 0 aromatic heterocycles. The third-order valence-corrected chi connectivity index (χ3v) is 12.8. The first kappa shape index (κ1) is 45.4. The molecule has 1 heterocycles. The first-order chi connectivity index (χ1) is 23.6. The van der Waals surface area contributed by atoms with E-state index in [2.05, 4.69) is 163 Å². The van der Waals surface area contributed by atoms with Gasteiger partial charge in [-0.25, -0.2) is 0 Å². The lowest BCUT2D eigenvalue weighted by molar-refractivity contribution is 0.171. The fourth-order valence-electron chi connectivity index (χ4n) is 7.28. The van der Waals surface area contributed by atoms with Gasteiger partial charge in [0.05, 0.1) is 0 Å². The summed E-state index contributed by atoms with van der Waals surface area (Å²) in [6.07, 6.45) is 17.3. The molecule has 2 fully saturated rings. The van der Waals surface area contributed by atoms with E-state index >= 15 is 0 Å². The Kier molecular flexibility index (Phi) is 18.4. The topological polar surface area (TPSA) is 3.24 Å². The lowest BCUT2D eigenvalue weighted by atomic mass is 9.72. The summed E-state index contributed by atoms with van der Waals surface area (Å²) in [7, 11) is 0. The van der Waals surface area contributed by atoms with E-state index in [9.17, 15) is 0 Å². The Morgan fingerprint density at radius 2 is 1.00 bits per heavy atom. The van der Waals surface area contributed by atoms with Gasteiger partial charge < -0.3 is 4.90 Å². The molecule has 2 aromatic rings. The average Bonchev–Trinajstić information content (AvgIpc) is 3.41. The molecular weight excluding hydrogens is 615 g/mol. The van der Waals surface area contributed by atoms with Gasteiger partial charge in [0.15, 0.2) is 0 Å². The van der Waals surface area contributed by atoms with Gasteiger partial charge in [-0.05, 0) is 94.1 Å². The first-order valence-electron chi connectivity index (χ1n) is 21.4. The molecule has 2 aromatic carbocycles. The standard InChI is InChI=1S/C13H19N.C13H26.C13H20.C11H22/c1-13(2,3)10-14-9-8-11-6-4-5-7-12(11)14;2*1-11(13(2,3)4)10-12-8-6-5-7-9-12;1-9(11(2,3)4)8-10-6-5-7-10/h4-7H,8-10H2,1-3H3;11-12H,5-10H2,1-4H3;5-9,11H,10H2,1-4H3;9-10H,5-8H2,1-4H3. The summed E-state index contributed by atoms with van der Waals surface area (Å²) in [6.45, 7) is 37.5. The second-order valence-electron chi connectivity index (χ2n) is 21.6. The quantitative estimate of drug-likeness (QED) is 0.278. The van der Waals surface area contributed by atoms with Crippen LogP contribution in [0, 0.1) is 51.2 Å². The molecular formula is C50H87N. The summed E-state index contributed by atoms with van der Waals surface area (Å²) in [4.78, 5) is 2.51. The highest BCUT2D eigenvalue weighted by atomic mass is 15.2. The van der Waals surface area contributed by atoms with Crippen LogP contribution in [-0.4, -0.2) is 13.1 Å². The largest absolute Gasteiger partial charge is 0.370 e. The van der Waals surface area contributed by atoms with E-state index in [1.54, 1.807) is 0 Å². The van der Waals surface area contributed by atoms with Gasteiger partial charge in [-0.2, -0.15) is 0 Å². The molecule has 1 nitrogen and oxygen atoms in total. The zero-order valence-corrected chi connectivity index (χ0v) is 36.9. The van der Waals surface area contributed by atoms with Gasteiger partial charge in [-0.15, -0.1) is 0 Å². The normalized spacial score (nSPS) is 18.8.